The lowest BCUT2D eigenvalue weighted by Gasteiger charge is -2.13. The molecular formula is C23H28N4O2S. The van der Waals surface area contributed by atoms with E-state index in [0.717, 1.165) is 59.5 Å². The van der Waals surface area contributed by atoms with Gasteiger partial charge in [-0.25, -0.2) is 0 Å². The average molecular weight is 425 g/mol. The molecule has 0 fully saturated rings. The van der Waals surface area contributed by atoms with Crippen LogP contribution in [0.4, 0.5) is 0 Å². The molecule has 0 atom stereocenters. The molecule has 6 nitrogen and oxygen atoms in total. The third-order valence-corrected chi connectivity index (χ3v) is 5.64. The summed E-state index contributed by atoms with van der Waals surface area (Å²) >= 11 is 1.60. The predicted octanol–water partition coefficient (Wildman–Crippen LogP) is 4.73. The van der Waals surface area contributed by atoms with E-state index >= 15 is 0 Å². The molecule has 0 unspecified atom stereocenters. The first-order valence-corrected chi connectivity index (χ1v) is 11.3. The van der Waals surface area contributed by atoms with Crippen molar-refractivity contribution in [2.24, 2.45) is 0 Å². The Bertz CT molecular complexity index is 943. The fraction of sp³-hybridized carbons (Fsp3) is 0.348. The van der Waals surface area contributed by atoms with Gasteiger partial charge in [0.2, 0.25) is 5.91 Å². The van der Waals surface area contributed by atoms with Gasteiger partial charge in [0.15, 0.2) is 11.0 Å². The molecule has 0 spiro atoms. The second kappa shape index (κ2) is 11.4. The van der Waals surface area contributed by atoms with Gasteiger partial charge in [-0.2, -0.15) is 0 Å². The Labute approximate surface area is 182 Å². The lowest BCUT2D eigenvalue weighted by atomic mass is 10.2. The van der Waals surface area contributed by atoms with Crippen molar-refractivity contribution in [3.8, 4) is 22.8 Å². The van der Waals surface area contributed by atoms with Crippen LogP contribution in [0.2, 0.25) is 0 Å². The van der Waals surface area contributed by atoms with Gasteiger partial charge >= 0.3 is 0 Å². The molecule has 1 N–H and O–H groups in total. The second-order valence-electron chi connectivity index (χ2n) is 6.83. The SMILES string of the molecule is CCCCNC(=O)CCCSc1nnc(-c2ccccc2)n1-c1ccccc1OC. The van der Waals surface area contributed by atoms with Crippen LogP contribution in [-0.2, 0) is 4.79 Å². The highest BCUT2D eigenvalue weighted by atomic mass is 32.2. The number of nitrogens with one attached hydrogen (secondary N) is 1. The monoisotopic (exact) mass is 424 g/mol. The van der Waals surface area contributed by atoms with Crippen molar-refractivity contribution in [3.63, 3.8) is 0 Å². The third kappa shape index (κ3) is 5.63. The zero-order valence-corrected chi connectivity index (χ0v) is 18.3. The smallest absolute Gasteiger partial charge is 0.220 e. The van der Waals surface area contributed by atoms with E-state index in [1.54, 1.807) is 18.9 Å². The normalized spacial score (nSPS) is 10.7. The number of nitrogens with zero attached hydrogens (tertiary/aromatic N) is 3. The van der Waals surface area contributed by atoms with Crippen molar-refractivity contribution in [3.05, 3.63) is 54.6 Å². The zero-order valence-electron chi connectivity index (χ0n) is 17.5. The lowest BCUT2D eigenvalue weighted by molar-refractivity contribution is -0.121. The number of unbranched alkanes of at least 4 members (excludes halogenated alkanes) is 1. The molecule has 158 valence electrons. The number of hydrogen-bond acceptors (Lipinski definition) is 5. The standard InChI is InChI=1S/C23H28N4O2S/c1-3-4-16-24-21(28)15-10-17-30-23-26-25-22(18-11-6-5-7-12-18)27(23)19-13-8-9-14-20(19)29-2/h5-9,11-14H,3-4,10,15-17H2,1-2H3,(H,24,28). The Morgan fingerprint density at radius 2 is 1.83 bits per heavy atom. The molecule has 0 saturated heterocycles. The molecule has 0 aliphatic carbocycles. The quantitative estimate of drug-likeness (QED) is 0.356. The molecule has 1 aromatic heterocycles. The van der Waals surface area contributed by atoms with Crippen molar-refractivity contribution in [2.45, 2.75) is 37.8 Å². The Balaban J connectivity index is 1.77. The molecule has 1 heterocycles. The largest absolute Gasteiger partial charge is 0.495 e. The van der Waals surface area contributed by atoms with Crippen molar-refractivity contribution < 1.29 is 9.53 Å². The number of aromatic nitrogens is 3. The number of rotatable bonds is 11. The summed E-state index contributed by atoms with van der Waals surface area (Å²) < 4.78 is 7.61. The summed E-state index contributed by atoms with van der Waals surface area (Å²) in [6.07, 6.45) is 3.40. The first-order valence-electron chi connectivity index (χ1n) is 10.3. The number of ether oxygens (including phenoxy) is 1. The van der Waals surface area contributed by atoms with Crippen LogP contribution in [0, 0.1) is 0 Å². The zero-order chi connectivity index (χ0) is 21.2. The van der Waals surface area contributed by atoms with Crippen LogP contribution >= 0.6 is 11.8 Å². The summed E-state index contributed by atoms with van der Waals surface area (Å²) in [5.41, 5.74) is 1.88. The number of hydrogen-bond donors (Lipinski definition) is 1. The van der Waals surface area contributed by atoms with E-state index < -0.39 is 0 Å². The maximum absolute atomic E-state index is 11.9. The molecule has 30 heavy (non-hydrogen) atoms. The molecule has 2 aromatic carbocycles. The first-order chi connectivity index (χ1) is 14.7. The maximum atomic E-state index is 11.9. The number of carbonyl (C=O) groups excluding carboxylic acids is 1. The first kappa shape index (κ1) is 21.9. The van der Waals surface area contributed by atoms with Gasteiger partial charge in [0.25, 0.3) is 0 Å². The van der Waals surface area contributed by atoms with Crippen LogP contribution < -0.4 is 10.1 Å². The van der Waals surface area contributed by atoms with E-state index in [2.05, 4.69) is 22.4 Å². The fourth-order valence-corrected chi connectivity index (χ4v) is 3.94. The second-order valence-corrected chi connectivity index (χ2v) is 7.90. The molecule has 0 radical (unpaired) electrons. The Morgan fingerprint density at radius 3 is 2.60 bits per heavy atom. The van der Waals surface area contributed by atoms with Gasteiger partial charge in [-0.15, -0.1) is 10.2 Å². The summed E-state index contributed by atoms with van der Waals surface area (Å²) in [7, 11) is 1.66. The van der Waals surface area contributed by atoms with Crippen LogP contribution in [0.5, 0.6) is 5.75 Å². The van der Waals surface area contributed by atoms with Crippen LogP contribution in [0.3, 0.4) is 0 Å². The molecular weight excluding hydrogens is 396 g/mol. The van der Waals surface area contributed by atoms with Crippen molar-refractivity contribution >= 4 is 17.7 Å². The summed E-state index contributed by atoms with van der Waals surface area (Å²) in [5, 5.41) is 12.6. The highest BCUT2D eigenvalue weighted by Gasteiger charge is 2.18. The van der Waals surface area contributed by atoms with E-state index in [9.17, 15) is 4.79 Å². The highest BCUT2D eigenvalue weighted by Crippen LogP contribution is 2.32. The minimum absolute atomic E-state index is 0.111. The lowest BCUT2D eigenvalue weighted by Crippen LogP contribution is -2.24. The summed E-state index contributed by atoms with van der Waals surface area (Å²) in [6, 6.07) is 17.8. The van der Waals surface area contributed by atoms with Gasteiger partial charge in [0.1, 0.15) is 5.75 Å². The van der Waals surface area contributed by atoms with Gasteiger partial charge in [-0.05, 0) is 25.0 Å². The topological polar surface area (TPSA) is 69.0 Å². The number of thioether (sulfide) groups is 1. The molecule has 3 aromatic rings. The number of carbonyl (C=O) groups is 1. The minimum Gasteiger partial charge on any atom is -0.495 e. The average Bonchev–Trinajstić information content (AvgIpc) is 3.21. The van der Waals surface area contributed by atoms with Gasteiger partial charge in [-0.3, -0.25) is 9.36 Å². The molecule has 7 heteroatoms. The molecule has 0 bridgehead atoms. The van der Waals surface area contributed by atoms with Crippen LogP contribution in [0.1, 0.15) is 32.6 Å². The summed E-state index contributed by atoms with van der Waals surface area (Å²) in [4.78, 5) is 11.9. The minimum atomic E-state index is 0.111. The Hall–Kier alpha value is -2.80. The van der Waals surface area contributed by atoms with Crippen LogP contribution in [0.25, 0.3) is 17.1 Å². The van der Waals surface area contributed by atoms with Gasteiger partial charge in [0, 0.05) is 24.3 Å². The molecule has 1 amide bonds. The Kier molecular flexibility index (Phi) is 8.32. The fourth-order valence-electron chi connectivity index (χ4n) is 3.06. The number of amides is 1. The molecule has 0 aliphatic rings. The van der Waals surface area contributed by atoms with Gasteiger partial charge in [0.05, 0.1) is 12.8 Å². The predicted molar refractivity (Wildman–Crippen MR) is 121 cm³/mol. The van der Waals surface area contributed by atoms with Crippen LogP contribution in [-0.4, -0.2) is 40.1 Å². The highest BCUT2D eigenvalue weighted by molar-refractivity contribution is 7.99. The summed E-state index contributed by atoms with van der Waals surface area (Å²) in [5.74, 6) is 2.41. The molecule has 0 saturated carbocycles. The number of para-hydroxylation sites is 2. The van der Waals surface area contributed by atoms with E-state index in [0.29, 0.717) is 6.42 Å². The van der Waals surface area contributed by atoms with E-state index in [1.807, 2.05) is 59.2 Å². The van der Waals surface area contributed by atoms with E-state index in [-0.39, 0.29) is 5.91 Å². The van der Waals surface area contributed by atoms with Gasteiger partial charge in [-0.1, -0.05) is 67.6 Å². The Morgan fingerprint density at radius 1 is 1.07 bits per heavy atom. The van der Waals surface area contributed by atoms with Crippen molar-refractivity contribution in [2.75, 3.05) is 19.4 Å². The molecule has 0 aliphatic heterocycles. The number of benzene rings is 2. The van der Waals surface area contributed by atoms with Crippen LogP contribution in [0.15, 0.2) is 59.8 Å². The third-order valence-electron chi connectivity index (χ3n) is 4.62. The summed E-state index contributed by atoms with van der Waals surface area (Å²) in [6.45, 7) is 2.87. The van der Waals surface area contributed by atoms with Crippen molar-refractivity contribution in [1.29, 1.82) is 0 Å². The number of methoxy groups -OCH3 is 1. The van der Waals surface area contributed by atoms with E-state index in [4.69, 9.17) is 4.74 Å². The van der Waals surface area contributed by atoms with E-state index in [1.165, 1.54) is 0 Å². The van der Waals surface area contributed by atoms with Crippen molar-refractivity contribution in [1.82, 2.24) is 20.1 Å². The maximum Gasteiger partial charge on any atom is 0.220 e. The molecule has 3 rings (SSSR count). The van der Waals surface area contributed by atoms with Gasteiger partial charge < -0.3 is 10.1 Å².